The Morgan fingerprint density at radius 1 is 0.938 bits per heavy atom. The fourth-order valence-corrected chi connectivity index (χ4v) is 5.66. The molecule has 1 unspecified atom stereocenters. The van der Waals surface area contributed by atoms with E-state index in [1.807, 2.05) is 31.2 Å². The molecule has 0 saturated heterocycles. The fourth-order valence-electron chi connectivity index (χ4n) is 4.35. The summed E-state index contributed by atoms with van der Waals surface area (Å²) in [4.78, 5) is 4.72. The highest BCUT2D eigenvalue weighted by atomic mass is 32.2. The molecule has 0 amide bonds. The van der Waals surface area contributed by atoms with Crippen molar-refractivity contribution in [3.63, 3.8) is 0 Å². The maximum absolute atomic E-state index is 13.1. The average molecular weight is 444 g/mol. The molecule has 1 heterocycles. The van der Waals surface area contributed by atoms with Gasteiger partial charge >= 0.3 is 0 Å². The van der Waals surface area contributed by atoms with E-state index in [0.29, 0.717) is 17.9 Å². The molecule has 5 rings (SSSR count). The van der Waals surface area contributed by atoms with Gasteiger partial charge in [-0.3, -0.25) is 0 Å². The van der Waals surface area contributed by atoms with Crippen LogP contribution in [0.3, 0.4) is 0 Å². The lowest BCUT2D eigenvalue weighted by Crippen LogP contribution is -2.38. The number of hydrogen-bond donors (Lipinski definition) is 2. The Balaban J connectivity index is 1.38. The summed E-state index contributed by atoms with van der Waals surface area (Å²) >= 11 is 0. The topological polar surface area (TPSA) is 71.1 Å². The molecule has 3 aromatic carbocycles. The third kappa shape index (κ3) is 4.24. The number of pyridine rings is 1. The molecule has 6 heteroatoms. The summed E-state index contributed by atoms with van der Waals surface area (Å²) in [5.41, 5.74) is 4.36. The van der Waals surface area contributed by atoms with E-state index in [9.17, 15) is 8.42 Å². The number of anilines is 2. The number of nitrogens with one attached hydrogen (secondary N) is 2. The number of rotatable bonds is 5. The smallest absolute Gasteiger partial charge is 0.240 e. The van der Waals surface area contributed by atoms with Crippen LogP contribution in [0.4, 0.5) is 11.5 Å². The Morgan fingerprint density at radius 3 is 2.66 bits per heavy atom. The van der Waals surface area contributed by atoms with Gasteiger partial charge in [-0.05, 0) is 73.0 Å². The molecule has 0 bridgehead atoms. The fraction of sp³-hybridized carbons (Fsp3) is 0.192. The second-order valence-corrected chi connectivity index (χ2v) is 10.1. The molecule has 0 aliphatic heterocycles. The van der Waals surface area contributed by atoms with E-state index >= 15 is 0 Å². The van der Waals surface area contributed by atoms with Gasteiger partial charge in [0.1, 0.15) is 5.82 Å². The number of hydrogen-bond acceptors (Lipinski definition) is 4. The predicted octanol–water partition coefficient (Wildman–Crippen LogP) is 5.12. The van der Waals surface area contributed by atoms with Gasteiger partial charge in [0.2, 0.25) is 10.0 Å². The van der Waals surface area contributed by atoms with Gasteiger partial charge in [0.05, 0.1) is 4.90 Å². The third-order valence-corrected chi connectivity index (χ3v) is 7.52. The monoisotopic (exact) mass is 443 g/mol. The van der Waals surface area contributed by atoms with E-state index in [1.165, 1.54) is 11.1 Å². The minimum Gasteiger partial charge on any atom is -0.340 e. The first-order chi connectivity index (χ1) is 15.5. The van der Waals surface area contributed by atoms with Gasteiger partial charge in [-0.15, -0.1) is 0 Å². The zero-order chi connectivity index (χ0) is 22.1. The van der Waals surface area contributed by atoms with Crippen LogP contribution >= 0.6 is 0 Å². The quantitative estimate of drug-likeness (QED) is 0.449. The summed E-state index contributed by atoms with van der Waals surface area (Å²) in [6, 6.07) is 23.2. The van der Waals surface area contributed by atoms with Gasteiger partial charge in [0, 0.05) is 23.3 Å². The van der Waals surface area contributed by atoms with Crippen molar-refractivity contribution >= 4 is 32.3 Å². The average Bonchev–Trinajstić information content (AvgIpc) is 2.79. The molecule has 0 radical (unpaired) electrons. The number of aryl methyl sites for hydroxylation is 2. The molecule has 1 atom stereocenters. The van der Waals surface area contributed by atoms with Crippen LogP contribution in [0.5, 0.6) is 0 Å². The van der Waals surface area contributed by atoms with Crippen LogP contribution in [0, 0.1) is 6.92 Å². The van der Waals surface area contributed by atoms with Gasteiger partial charge in [0.15, 0.2) is 0 Å². The largest absolute Gasteiger partial charge is 0.340 e. The first kappa shape index (κ1) is 20.7. The van der Waals surface area contributed by atoms with Crippen LogP contribution < -0.4 is 10.0 Å². The first-order valence-electron chi connectivity index (χ1n) is 10.8. The molecule has 1 aromatic heterocycles. The van der Waals surface area contributed by atoms with Crippen molar-refractivity contribution in [3.8, 4) is 0 Å². The highest BCUT2D eigenvalue weighted by Crippen LogP contribution is 2.27. The van der Waals surface area contributed by atoms with E-state index in [2.05, 4.69) is 45.4 Å². The van der Waals surface area contributed by atoms with Crippen molar-refractivity contribution in [3.05, 3.63) is 95.7 Å². The van der Waals surface area contributed by atoms with Crippen LogP contribution in [0.1, 0.15) is 23.1 Å². The molecule has 0 fully saturated rings. The Kier molecular flexibility index (Phi) is 5.41. The minimum atomic E-state index is -3.64. The van der Waals surface area contributed by atoms with Crippen LogP contribution in [0.2, 0.25) is 0 Å². The molecule has 32 heavy (non-hydrogen) atoms. The normalized spacial score (nSPS) is 16.0. The number of sulfonamides is 1. The second kappa shape index (κ2) is 8.37. The maximum atomic E-state index is 13.1. The van der Waals surface area contributed by atoms with Crippen LogP contribution in [0.25, 0.3) is 10.8 Å². The number of fused-ring (bicyclic) bond motifs is 2. The Morgan fingerprint density at radius 2 is 1.78 bits per heavy atom. The molecule has 0 saturated carbocycles. The van der Waals surface area contributed by atoms with Crippen LogP contribution in [-0.4, -0.2) is 19.4 Å². The van der Waals surface area contributed by atoms with Crippen molar-refractivity contribution in [2.75, 3.05) is 5.32 Å². The second-order valence-electron chi connectivity index (χ2n) is 8.37. The SMILES string of the molecule is Cc1ccc2ccnc(Nc3cccc(S(=O)(=O)NC4CCc5ccccc5C4)c3)c2c1. The van der Waals surface area contributed by atoms with Gasteiger partial charge in [-0.2, -0.15) is 0 Å². The molecule has 2 N–H and O–H groups in total. The van der Waals surface area contributed by atoms with Crippen molar-refractivity contribution < 1.29 is 8.42 Å². The maximum Gasteiger partial charge on any atom is 0.240 e. The van der Waals surface area contributed by atoms with Crippen molar-refractivity contribution in [1.29, 1.82) is 0 Å². The molecule has 4 aromatic rings. The summed E-state index contributed by atoms with van der Waals surface area (Å²) in [5.74, 6) is 0.706. The van der Waals surface area contributed by atoms with Crippen LogP contribution in [-0.2, 0) is 22.9 Å². The number of benzene rings is 3. The molecular weight excluding hydrogens is 418 g/mol. The van der Waals surface area contributed by atoms with Crippen molar-refractivity contribution in [1.82, 2.24) is 9.71 Å². The van der Waals surface area contributed by atoms with E-state index in [4.69, 9.17) is 0 Å². The Bertz CT molecular complexity index is 1400. The molecule has 0 spiro atoms. The van der Waals surface area contributed by atoms with E-state index in [-0.39, 0.29) is 10.9 Å². The molecule has 1 aliphatic rings. The number of aromatic nitrogens is 1. The highest BCUT2D eigenvalue weighted by Gasteiger charge is 2.24. The molecule has 1 aliphatic carbocycles. The first-order valence-corrected chi connectivity index (χ1v) is 12.3. The van der Waals surface area contributed by atoms with Gasteiger partial charge in [-0.1, -0.05) is 48.0 Å². The molecule has 5 nitrogen and oxygen atoms in total. The third-order valence-electron chi connectivity index (χ3n) is 6.00. The summed E-state index contributed by atoms with van der Waals surface area (Å²) in [6.07, 6.45) is 4.15. The van der Waals surface area contributed by atoms with E-state index in [1.54, 1.807) is 24.4 Å². The zero-order valence-corrected chi connectivity index (χ0v) is 18.7. The standard InChI is InChI=1S/C26H25N3O2S/c1-18-9-10-20-13-14-27-26(25(20)15-18)28-22-7-4-8-24(17-22)32(30,31)29-23-12-11-19-5-2-3-6-21(19)16-23/h2-10,13-15,17,23,29H,11-12,16H2,1H3,(H,27,28). The van der Waals surface area contributed by atoms with Crippen molar-refractivity contribution in [2.45, 2.75) is 37.1 Å². The Labute approximate surface area is 188 Å². The van der Waals surface area contributed by atoms with Crippen LogP contribution in [0.15, 0.2) is 83.9 Å². The van der Waals surface area contributed by atoms with Crippen molar-refractivity contribution in [2.24, 2.45) is 0 Å². The molecular formula is C26H25N3O2S. The zero-order valence-electron chi connectivity index (χ0n) is 17.9. The van der Waals surface area contributed by atoms with E-state index < -0.39 is 10.0 Å². The minimum absolute atomic E-state index is 0.103. The Hall–Kier alpha value is -3.22. The van der Waals surface area contributed by atoms with Gasteiger partial charge in [-0.25, -0.2) is 18.1 Å². The lowest BCUT2D eigenvalue weighted by Gasteiger charge is -2.25. The predicted molar refractivity (Wildman–Crippen MR) is 129 cm³/mol. The summed E-state index contributed by atoms with van der Waals surface area (Å²) in [7, 11) is -3.64. The summed E-state index contributed by atoms with van der Waals surface area (Å²) in [5, 5.41) is 5.38. The lowest BCUT2D eigenvalue weighted by atomic mass is 9.89. The van der Waals surface area contributed by atoms with Gasteiger partial charge < -0.3 is 5.32 Å². The van der Waals surface area contributed by atoms with Gasteiger partial charge in [0.25, 0.3) is 0 Å². The lowest BCUT2D eigenvalue weighted by molar-refractivity contribution is 0.507. The molecule has 162 valence electrons. The highest BCUT2D eigenvalue weighted by molar-refractivity contribution is 7.89. The summed E-state index contributed by atoms with van der Waals surface area (Å²) in [6.45, 7) is 2.04. The summed E-state index contributed by atoms with van der Waals surface area (Å²) < 4.78 is 29.1. The van der Waals surface area contributed by atoms with E-state index in [0.717, 1.165) is 29.2 Å². The number of nitrogens with zero attached hydrogens (tertiary/aromatic N) is 1.